The van der Waals surface area contributed by atoms with E-state index < -0.39 is 0 Å². The molecule has 0 aromatic carbocycles. The van der Waals surface area contributed by atoms with Crippen molar-refractivity contribution in [3.05, 3.63) is 22.4 Å². The molecule has 3 rings (SSSR count). The number of carbonyl (C=O) groups excluding carboxylic acids is 1. The second kappa shape index (κ2) is 8.83. The zero-order valence-corrected chi connectivity index (χ0v) is 15.6. The second-order valence-electron chi connectivity index (χ2n) is 6.95. The van der Waals surface area contributed by atoms with Crippen LogP contribution in [0.1, 0.15) is 36.6 Å². The molecule has 6 heteroatoms. The van der Waals surface area contributed by atoms with E-state index >= 15 is 0 Å². The van der Waals surface area contributed by atoms with E-state index in [0.717, 1.165) is 38.9 Å². The lowest BCUT2D eigenvalue weighted by Crippen LogP contribution is -2.44. The van der Waals surface area contributed by atoms with Crippen molar-refractivity contribution in [2.24, 2.45) is 0 Å². The van der Waals surface area contributed by atoms with Crippen molar-refractivity contribution in [2.75, 3.05) is 52.9 Å². The summed E-state index contributed by atoms with van der Waals surface area (Å²) >= 11 is 1.76. The molecule has 1 atom stereocenters. The zero-order chi connectivity index (χ0) is 16.8. The van der Waals surface area contributed by atoms with Crippen LogP contribution in [0, 0.1) is 0 Å². The number of likely N-dealkylation sites (tertiary alicyclic amines) is 1. The van der Waals surface area contributed by atoms with Gasteiger partial charge in [-0.3, -0.25) is 0 Å². The van der Waals surface area contributed by atoms with Gasteiger partial charge in [-0.2, -0.15) is 0 Å². The SMILES string of the molecule is CN1CCN(CCCCNC(=O)N2CCCC2c2cccs2)CC1. The molecule has 24 heavy (non-hydrogen) atoms. The largest absolute Gasteiger partial charge is 0.338 e. The fraction of sp³-hybridized carbons (Fsp3) is 0.722. The Kier molecular flexibility index (Phi) is 6.51. The van der Waals surface area contributed by atoms with Crippen LogP contribution in [0.4, 0.5) is 4.79 Å². The smallest absolute Gasteiger partial charge is 0.317 e. The van der Waals surface area contributed by atoms with Crippen molar-refractivity contribution >= 4 is 17.4 Å². The molecular formula is C18H30N4OS. The summed E-state index contributed by atoms with van der Waals surface area (Å²) in [5.74, 6) is 0. The summed E-state index contributed by atoms with van der Waals surface area (Å²) in [6, 6.07) is 4.63. The third-order valence-electron chi connectivity index (χ3n) is 5.16. The molecule has 1 aromatic heterocycles. The Morgan fingerprint density at radius 3 is 2.83 bits per heavy atom. The lowest BCUT2D eigenvalue weighted by molar-refractivity contribution is 0.152. The summed E-state index contributed by atoms with van der Waals surface area (Å²) in [5, 5.41) is 5.23. The van der Waals surface area contributed by atoms with Crippen molar-refractivity contribution < 1.29 is 4.79 Å². The highest BCUT2D eigenvalue weighted by Crippen LogP contribution is 2.34. The monoisotopic (exact) mass is 350 g/mol. The summed E-state index contributed by atoms with van der Waals surface area (Å²) in [7, 11) is 2.19. The maximum absolute atomic E-state index is 12.5. The van der Waals surface area contributed by atoms with Crippen molar-refractivity contribution in [3.63, 3.8) is 0 Å². The predicted molar refractivity (Wildman–Crippen MR) is 99.6 cm³/mol. The van der Waals surface area contributed by atoms with Gasteiger partial charge >= 0.3 is 6.03 Å². The number of unbranched alkanes of at least 4 members (excludes halogenated alkanes) is 1. The van der Waals surface area contributed by atoms with Gasteiger partial charge < -0.3 is 20.0 Å². The third-order valence-corrected chi connectivity index (χ3v) is 6.13. The standard InChI is InChI=1S/C18H30N4OS/c1-20-11-13-21(14-12-20)9-3-2-8-19-18(23)22-10-4-6-16(22)17-7-5-15-24-17/h5,7,15-16H,2-4,6,8-14H2,1H3,(H,19,23). The molecule has 2 aliphatic rings. The Balaban J connectivity index is 1.32. The van der Waals surface area contributed by atoms with Crippen LogP contribution in [0.3, 0.4) is 0 Å². The van der Waals surface area contributed by atoms with Crippen LogP contribution >= 0.6 is 11.3 Å². The van der Waals surface area contributed by atoms with Crippen LogP contribution in [0.15, 0.2) is 17.5 Å². The van der Waals surface area contributed by atoms with E-state index in [9.17, 15) is 4.79 Å². The Hall–Kier alpha value is -1.11. The van der Waals surface area contributed by atoms with Crippen LogP contribution in [-0.2, 0) is 0 Å². The topological polar surface area (TPSA) is 38.8 Å². The molecule has 1 N–H and O–H groups in total. The van der Waals surface area contributed by atoms with Crippen LogP contribution in [0.2, 0.25) is 0 Å². The first-order valence-corrected chi connectivity index (χ1v) is 10.1. The summed E-state index contributed by atoms with van der Waals surface area (Å²) in [5.41, 5.74) is 0. The number of piperazine rings is 1. The Labute approximate surface area is 149 Å². The molecule has 5 nitrogen and oxygen atoms in total. The highest BCUT2D eigenvalue weighted by molar-refractivity contribution is 7.10. The predicted octanol–water partition coefficient (Wildman–Crippen LogP) is 2.62. The van der Waals surface area contributed by atoms with Gasteiger partial charge in [0.1, 0.15) is 0 Å². The number of hydrogen-bond acceptors (Lipinski definition) is 4. The Morgan fingerprint density at radius 1 is 1.25 bits per heavy atom. The van der Waals surface area contributed by atoms with Gasteiger partial charge in [0.15, 0.2) is 0 Å². The van der Waals surface area contributed by atoms with Crippen LogP contribution in [0.5, 0.6) is 0 Å². The van der Waals surface area contributed by atoms with Gasteiger partial charge in [0.05, 0.1) is 6.04 Å². The van der Waals surface area contributed by atoms with Crippen molar-refractivity contribution in [3.8, 4) is 0 Å². The first kappa shape index (κ1) is 17.7. The fourth-order valence-corrected chi connectivity index (χ4v) is 4.49. The number of nitrogens with zero attached hydrogens (tertiary/aromatic N) is 3. The third kappa shape index (κ3) is 4.71. The quantitative estimate of drug-likeness (QED) is 0.802. The lowest BCUT2D eigenvalue weighted by atomic mass is 10.2. The van der Waals surface area contributed by atoms with Gasteiger partial charge in [0.2, 0.25) is 0 Å². The second-order valence-corrected chi connectivity index (χ2v) is 7.93. The van der Waals surface area contributed by atoms with Crippen LogP contribution in [-0.4, -0.2) is 73.6 Å². The van der Waals surface area contributed by atoms with Crippen molar-refractivity contribution in [2.45, 2.75) is 31.7 Å². The molecule has 2 aliphatic heterocycles. The van der Waals surface area contributed by atoms with Gasteiger partial charge in [-0.05, 0) is 50.7 Å². The molecule has 1 aromatic rings. The van der Waals surface area contributed by atoms with Gasteiger partial charge in [0, 0.05) is 44.1 Å². The molecule has 3 heterocycles. The number of amides is 2. The number of urea groups is 1. The minimum Gasteiger partial charge on any atom is -0.338 e. The summed E-state index contributed by atoms with van der Waals surface area (Å²) in [6.45, 7) is 7.55. The number of carbonyl (C=O) groups is 1. The van der Waals surface area contributed by atoms with E-state index in [1.807, 2.05) is 4.90 Å². The molecule has 0 spiro atoms. The van der Waals surface area contributed by atoms with E-state index in [1.54, 1.807) is 11.3 Å². The normalized spacial score (nSPS) is 22.9. The highest BCUT2D eigenvalue weighted by Gasteiger charge is 2.30. The first-order chi connectivity index (χ1) is 11.7. The van der Waals surface area contributed by atoms with Gasteiger partial charge in [-0.25, -0.2) is 4.79 Å². The molecule has 0 radical (unpaired) electrons. The minimum atomic E-state index is 0.116. The average Bonchev–Trinajstić information content (AvgIpc) is 3.27. The van der Waals surface area contributed by atoms with Gasteiger partial charge in [-0.1, -0.05) is 6.07 Å². The van der Waals surface area contributed by atoms with E-state index in [4.69, 9.17) is 0 Å². The number of hydrogen-bond donors (Lipinski definition) is 1. The highest BCUT2D eigenvalue weighted by atomic mass is 32.1. The molecule has 0 bridgehead atoms. The molecule has 1 unspecified atom stereocenters. The molecular weight excluding hydrogens is 320 g/mol. The number of rotatable bonds is 6. The number of likely N-dealkylation sites (N-methyl/N-ethyl adjacent to an activating group) is 1. The Morgan fingerprint density at radius 2 is 2.08 bits per heavy atom. The first-order valence-electron chi connectivity index (χ1n) is 9.23. The summed E-state index contributed by atoms with van der Waals surface area (Å²) in [4.78, 5) is 20.7. The van der Waals surface area contributed by atoms with E-state index in [1.165, 1.54) is 37.5 Å². The molecule has 2 saturated heterocycles. The average molecular weight is 351 g/mol. The summed E-state index contributed by atoms with van der Waals surface area (Å²) < 4.78 is 0. The van der Waals surface area contributed by atoms with E-state index in [0.29, 0.717) is 0 Å². The van der Waals surface area contributed by atoms with Gasteiger partial charge in [-0.15, -0.1) is 11.3 Å². The molecule has 2 amide bonds. The van der Waals surface area contributed by atoms with Crippen molar-refractivity contribution in [1.29, 1.82) is 0 Å². The zero-order valence-electron chi connectivity index (χ0n) is 14.7. The molecule has 134 valence electrons. The van der Waals surface area contributed by atoms with Gasteiger partial charge in [0.25, 0.3) is 0 Å². The number of nitrogens with one attached hydrogen (secondary N) is 1. The fourth-order valence-electron chi connectivity index (χ4n) is 3.62. The van der Waals surface area contributed by atoms with Crippen molar-refractivity contribution in [1.82, 2.24) is 20.0 Å². The Bertz CT molecular complexity index is 499. The lowest BCUT2D eigenvalue weighted by Gasteiger charge is -2.32. The van der Waals surface area contributed by atoms with Crippen LogP contribution in [0.25, 0.3) is 0 Å². The van der Waals surface area contributed by atoms with E-state index in [2.05, 4.69) is 39.7 Å². The van der Waals surface area contributed by atoms with E-state index in [-0.39, 0.29) is 12.1 Å². The maximum atomic E-state index is 12.5. The van der Waals surface area contributed by atoms with Crippen LogP contribution < -0.4 is 5.32 Å². The molecule has 0 aliphatic carbocycles. The minimum absolute atomic E-state index is 0.116. The molecule has 0 saturated carbocycles. The number of thiophene rings is 1. The summed E-state index contributed by atoms with van der Waals surface area (Å²) in [6.07, 6.45) is 4.44. The maximum Gasteiger partial charge on any atom is 0.317 e. The molecule has 2 fully saturated rings.